The van der Waals surface area contributed by atoms with Gasteiger partial charge < -0.3 is 15.6 Å². The van der Waals surface area contributed by atoms with Crippen molar-refractivity contribution >= 4 is 0 Å². The number of aromatic nitrogens is 2. The Labute approximate surface area is 83.5 Å². The van der Waals surface area contributed by atoms with Crippen LogP contribution in [-0.4, -0.2) is 29.6 Å². The summed E-state index contributed by atoms with van der Waals surface area (Å²) in [5.41, 5.74) is 2.69. The summed E-state index contributed by atoms with van der Waals surface area (Å²) in [4.78, 5) is 7.73. The van der Waals surface area contributed by atoms with Crippen LogP contribution >= 0.6 is 0 Å². The van der Waals surface area contributed by atoms with Crippen LogP contribution < -0.4 is 10.6 Å². The van der Waals surface area contributed by atoms with Gasteiger partial charge in [0.15, 0.2) is 0 Å². The van der Waals surface area contributed by atoms with Crippen LogP contribution in [0, 0.1) is 0 Å². The van der Waals surface area contributed by atoms with E-state index in [1.54, 1.807) is 0 Å². The molecule has 1 aromatic heterocycles. The standard InChI is InChI=1S/C10H16N4/c1-3-10(6-11-4-1)9-8(2-5-14-10)12-7-13-9/h7,11,14H,1-6H2,(H,12,13). The highest BCUT2D eigenvalue weighted by atomic mass is 15.1. The van der Waals surface area contributed by atoms with Gasteiger partial charge >= 0.3 is 0 Å². The molecule has 14 heavy (non-hydrogen) atoms. The third-order valence-electron chi connectivity index (χ3n) is 3.39. The molecule has 3 N–H and O–H groups in total. The number of H-pyrrole nitrogens is 1. The van der Waals surface area contributed by atoms with Crippen LogP contribution in [0.3, 0.4) is 0 Å². The summed E-state index contributed by atoms with van der Waals surface area (Å²) in [5.74, 6) is 0. The number of nitrogens with one attached hydrogen (secondary N) is 3. The first-order valence-electron chi connectivity index (χ1n) is 5.39. The van der Waals surface area contributed by atoms with E-state index in [1.807, 2.05) is 6.33 Å². The molecule has 0 radical (unpaired) electrons. The number of imidazole rings is 1. The highest BCUT2D eigenvalue weighted by molar-refractivity contribution is 5.26. The topological polar surface area (TPSA) is 52.7 Å². The molecule has 1 saturated heterocycles. The summed E-state index contributed by atoms with van der Waals surface area (Å²) in [6, 6.07) is 0. The molecule has 0 saturated carbocycles. The summed E-state index contributed by atoms with van der Waals surface area (Å²) in [5, 5.41) is 7.09. The Morgan fingerprint density at radius 3 is 3.21 bits per heavy atom. The van der Waals surface area contributed by atoms with Gasteiger partial charge in [0, 0.05) is 25.2 Å². The van der Waals surface area contributed by atoms with Gasteiger partial charge in [-0.25, -0.2) is 4.98 Å². The average Bonchev–Trinajstić information content (AvgIpc) is 2.69. The van der Waals surface area contributed by atoms with Crippen molar-refractivity contribution in [1.29, 1.82) is 0 Å². The maximum Gasteiger partial charge on any atom is 0.0926 e. The minimum Gasteiger partial charge on any atom is -0.348 e. The van der Waals surface area contributed by atoms with E-state index in [9.17, 15) is 0 Å². The zero-order valence-electron chi connectivity index (χ0n) is 8.27. The van der Waals surface area contributed by atoms with Crippen LogP contribution in [-0.2, 0) is 12.0 Å². The molecule has 76 valence electrons. The monoisotopic (exact) mass is 192 g/mol. The Morgan fingerprint density at radius 1 is 1.36 bits per heavy atom. The van der Waals surface area contributed by atoms with Crippen LogP contribution in [0.4, 0.5) is 0 Å². The van der Waals surface area contributed by atoms with Gasteiger partial charge in [-0.1, -0.05) is 0 Å². The van der Waals surface area contributed by atoms with Gasteiger partial charge in [0.05, 0.1) is 17.6 Å². The van der Waals surface area contributed by atoms with Crippen molar-refractivity contribution in [3.63, 3.8) is 0 Å². The Balaban J connectivity index is 2.01. The highest BCUT2D eigenvalue weighted by Crippen LogP contribution is 2.31. The molecular weight excluding hydrogens is 176 g/mol. The second-order valence-electron chi connectivity index (χ2n) is 4.27. The molecule has 1 fully saturated rings. The molecule has 3 rings (SSSR count). The van der Waals surface area contributed by atoms with Gasteiger partial charge in [0.1, 0.15) is 0 Å². The van der Waals surface area contributed by atoms with Crippen LogP contribution in [0.15, 0.2) is 6.33 Å². The first kappa shape index (κ1) is 8.44. The maximum atomic E-state index is 4.48. The van der Waals surface area contributed by atoms with E-state index in [0.29, 0.717) is 0 Å². The fourth-order valence-electron chi connectivity index (χ4n) is 2.69. The van der Waals surface area contributed by atoms with Gasteiger partial charge in [-0.05, 0) is 19.4 Å². The molecule has 1 aromatic rings. The van der Waals surface area contributed by atoms with Gasteiger partial charge in [-0.3, -0.25) is 0 Å². The molecule has 1 spiro atoms. The first-order chi connectivity index (χ1) is 6.91. The van der Waals surface area contributed by atoms with E-state index in [0.717, 1.165) is 26.1 Å². The van der Waals surface area contributed by atoms with Gasteiger partial charge in [0.25, 0.3) is 0 Å². The first-order valence-corrected chi connectivity index (χ1v) is 5.39. The molecule has 1 atom stereocenters. The number of hydrogen-bond acceptors (Lipinski definition) is 3. The van der Waals surface area contributed by atoms with Crippen LogP contribution in [0.1, 0.15) is 24.2 Å². The molecule has 2 aliphatic rings. The molecule has 0 bridgehead atoms. The molecule has 3 heterocycles. The van der Waals surface area contributed by atoms with Crippen molar-refractivity contribution < 1.29 is 0 Å². The molecule has 2 aliphatic heterocycles. The molecule has 0 aromatic carbocycles. The number of aromatic amines is 1. The zero-order chi connectivity index (χ0) is 9.43. The Kier molecular flexibility index (Phi) is 1.85. The molecule has 0 aliphatic carbocycles. The third kappa shape index (κ3) is 1.11. The van der Waals surface area contributed by atoms with Gasteiger partial charge in [-0.2, -0.15) is 0 Å². The number of piperidine rings is 1. The van der Waals surface area contributed by atoms with Crippen molar-refractivity contribution in [1.82, 2.24) is 20.6 Å². The number of fused-ring (bicyclic) bond motifs is 2. The maximum absolute atomic E-state index is 4.48. The molecule has 0 amide bonds. The normalized spacial score (nSPS) is 31.7. The lowest BCUT2D eigenvalue weighted by Crippen LogP contribution is -2.56. The number of hydrogen-bond donors (Lipinski definition) is 3. The molecule has 4 nitrogen and oxygen atoms in total. The minimum absolute atomic E-state index is 0.117. The second-order valence-corrected chi connectivity index (χ2v) is 4.27. The van der Waals surface area contributed by atoms with Crippen LogP contribution in [0.5, 0.6) is 0 Å². The molecule has 4 heteroatoms. The van der Waals surface area contributed by atoms with E-state index in [4.69, 9.17) is 0 Å². The average molecular weight is 192 g/mol. The second kappa shape index (κ2) is 3.07. The summed E-state index contributed by atoms with van der Waals surface area (Å²) in [7, 11) is 0. The predicted molar refractivity (Wildman–Crippen MR) is 54.1 cm³/mol. The van der Waals surface area contributed by atoms with Gasteiger partial charge in [-0.15, -0.1) is 0 Å². The summed E-state index contributed by atoms with van der Waals surface area (Å²) >= 11 is 0. The summed E-state index contributed by atoms with van der Waals surface area (Å²) in [6.45, 7) is 3.23. The Morgan fingerprint density at radius 2 is 2.36 bits per heavy atom. The number of nitrogens with zero attached hydrogens (tertiary/aromatic N) is 1. The zero-order valence-corrected chi connectivity index (χ0v) is 8.27. The predicted octanol–water partition coefficient (Wildman–Crippen LogP) is 0.134. The smallest absolute Gasteiger partial charge is 0.0926 e. The number of rotatable bonds is 0. The van der Waals surface area contributed by atoms with Crippen molar-refractivity contribution in [2.45, 2.75) is 24.8 Å². The van der Waals surface area contributed by atoms with Crippen LogP contribution in [0.25, 0.3) is 0 Å². The van der Waals surface area contributed by atoms with E-state index >= 15 is 0 Å². The van der Waals surface area contributed by atoms with E-state index in [1.165, 1.54) is 24.2 Å². The van der Waals surface area contributed by atoms with Crippen molar-refractivity contribution in [2.24, 2.45) is 0 Å². The quantitative estimate of drug-likeness (QED) is 0.548. The van der Waals surface area contributed by atoms with E-state index in [-0.39, 0.29) is 5.54 Å². The largest absolute Gasteiger partial charge is 0.348 e. The summed E-state index contributed by atoms with van der Waals surface area (Å²) in [6.07, 6.45) is 5.35. The van der Waals surface area contributed by atoms with E-state index < -0.39 is 0 Å². The Hall–Kier alpha value is -0.870. The SMILES string of the molecule is c1nc2c([nH]1)CCNC21CCCNC1. The Bertz CT molecular complexity index is 325. The fourth-order valence-corrected chi connectivity index (χ4v) is 2.69. The highest BCUT2D eigenvalue weighted by Gasteiger charge is 2.39. The lowest BCUT2D eigenvalue weighted by atomic mass is 9.83. The minimum atomic E-state index is 0.117. The van der Waals surface area contributed by atoms with Crippen LogP contribution in [0.2, 0.25) is 0 Å². The lowest BCUT2D eigenvalue weighted by molar-refractivity contribution is 0.234. The summed E-state index contributed by atoms with van der Waals surface area (Å²) < 4.78 is 0. The molecular formula is C10H16N4. The van der Waals surface area contributed by atoms with Gasteiger partial charge in [0.2, 0.25) is 0 Å². The molecule has 1 unspecified atom stereocenters. The van der Waals surface area contributed by atoms with Crippen molar-refractivity contribution in [3.05, 3.63) is 17.7 Å². The fraction of sp³-hybridized carbons (Fsp3) is 0.700. The van der Waals surface area contributed by atoms with E-state index in [2.05, 4.69) is 20.6 Å². The lowest BCUT2D eigenvalue weighted by Gasteiger charge is -2.40. The van der Waals surface area contributed by atoms with Crippen molar-refractivity contribution in [2.75, 3.05) is 19.6 Å². The van der Waals surface area contributed by atoms with Crippen molar-refractivity contribution in [3.8, 4) is 0 Å². The third-order valence-corrected chi connectivity index (χ3v) is 3.39.